The van der Waals surface area contributed by atoms with Gasteiger partial charge < -0.3 is 30.6 Å². The third-order valence-electron chi connectivity index (χ3n) is 8.05. The Balaban J connectivity index is 0.000000345. The predicted octanol–water partition coefficient (Wildman–Crippen LogP) is 3.25. The van der Waals surface area contributed by atoms with Crippen molar-refractivity contribution in [2.45, 2.75) is 70.1 Å². The molecule has 2 aliphatic heterocycles. The average molecular weight is 620 g/mol. The molecule has 1 amide bonds. The monoisotopic (exact) mass is 619 g/mol. The van der Waals surface area contributed by atoms with Crippen LogP contribution >= 0.6 is 0 Å². The Labute approximate surface area is 254 Å². The van der Waals surface area contributed by atoms with Gasteiger partial charge in [0.05, 0.1) is 24.1 Å². The van der Waals surface area contributed by atoms with Gasteiger partial charge in [-0.3, -0.25) is 19.3 Å². The summed E-state index contributed by atoms with van der Waals surface area (Å²) in [5, 5.41) is 36.9. The van der Waals surface area contributed by atoms with Gasteiger partial charge in [-0.05, 0) is 73.6 Å². The largest absolute Gasteiger partial charge is 0.481 e. The lowest BCUT2D eigenvalue weighted by atomic mass is 9.80. The van der Waals surface area contributed by atoms with Crippen molar-refractivity contribution >= 4 is 29.5 Å². The van der Waals surface area contributed by atoms with Crippen LogP contribution in [0.4, 0.5) is 14.5 Å². The molecule has 2 saturated heterocycles. The molecule has 5 N–H and O–H groups in total. The third kappa shape index (κ3) is 8.96. The van der Waals surface area contributed by atoms with Crippen LogP contribution in [0.15, 0.2) is 36.4 Å². The number of carbonyl (C=O) groups is 4. The number of carboxylic acids is 3. The lowest BCUT2D eigenvalue weighted by Crippen LogP contribution is -2.52. The van der Waals surface area contributed by atoms with Crippen LogP contribution in [0.5, 0.6) is 0 Å². The quantitative estimate of drug-likeness (QED) is 0.266. The second-order valence-corrected chi connectivity index (χ2v) is 11.4. The Morgan fingerprint density at radius 1 is 0.909 bits per heavy atom. The Morgan fingerprint density at radius 2 is 1.45 bits per heavy atom. The zero-order valence-corrected chi connectivity index (χ0v) is 24.8. The second-order valence-electron chi connectivity index (χ2n) is 11.4. The molecule has 0 aliphatic carbocycles. The molecule has 0 radical (unpaired) electrons. The number of amides is 1. The number of aliphatic hydroxyl groups is 1. The molecule has 0 atom stereocenters. The van der Waals surface area contributed by atoms with Crippen molar-refractivity contribution in [1.82, 2.24) is 10.2 Å². The normalized spacial score (nSPS) is 16.5. The summed E-state index contributed by atoms with van der Waals surface area (Å²) < 4.78 is 28.2. The van der Waals surface area contributed by atoms with E-state index >= 15 is 0 Å². The molecule has 2 aliphatic rings. The molecule has 0 bridgehead atoms. The van der Waals surface area contributed by atoms with Gasteiger partial charge >= 0.3 is 17.9 Å². The number of piperidine rings is 1. The van der Waals surface area contributed by atoms with E-state index in [2.05, 4.69) is 22.0 Å². The molecule has 44 heavy (non-hydrogen) atoms. The lowest BCUT2D eigenvalue weighted by molar-refractivity contribution is -0.170. The highest BCUT2D eigenvalue weighted by Gasteiger charge is 2.41. The smallest absolute Gasteiger partial charge is 0.336 e. The standard InChI is InChI=1S/C25H31F2N3O.C6H8O7/c1-18-15-24(30-11-3-4-12-30)23(27)16-20(18)17-29-13-9-25(10-14-29,28-19(2)31)21-5-7-22(26)8-6-21;7-3(8)1-6(13,5(11)12)2-4(9)10/h5-8,15-16H,3-4,9-14,17H2,1-2H3,(H,28,31);13H,1-2H2,(H,7,8)(H,9,10)(H,11,12). The highest BCUT2D eigenvalue weighted by molar-refractivity contribution is 5.88. The number of hydrogen-bond acceptors (Lipinski definition) is 7. The minimum absolute atomic E-state index is 0.0896. The fourth-order valence-corrected chi connectivity index (χ4v) is 5.72. The van der Waals surface area contributed by atoms with E-state index in [1.165, 1.54) is 19.1 Å². The number of hydrogen-bond donors (Lipinski definition) is 5. The molecule has 2 aromatic rings. The van der Waals surface area contributed by atoms with Crippen LogP contribution in [-0.2, 0) is 31.3 Å². The predicted molar refractivity (Wildman–Crippen MR) is 156 cm³/mol. The Kier molecular flexibility index (Phi) is 11.4. The maximum absolute atomic E-state index is 14.8. The van der Waals surface area contributed by atoms with E-state index < -0.39 is 41.9 Å². The van der Waals surface area contributed by atoms with Gasteiger partial charge in [0.2, 0.25) is 5.91 Å². The zero-order chi connectivity index (χ0) is 32.7. The molecule has 0 saturated carbocycles. The Bertz CT molecular complexity index is 1340. The van der Waals surface area contributed by atoms with Crippen LogP contribution in [0, 0.1) is 18.6 Å². The fraction of sp³-hybridized carbons (Fsp3) is 0.484. The van der Waals surface area contributed by atoms with Crippen molar-refractivity contribution in [2.24, 2.45) is 0 Å². The second kappa shape index (κ2) is 14.6. The number of nitrogens with one attached hydrogen (secondary N) is 1. The van der Waals surface area contributed by atoms with E-state index in [0.717, 1.165) is 74.2 Å². The molecule has 0 unspecified atom stereocenters. The number of rotatable bonds is 10. The molecule has 13 heteroatoms. The number of anilines is 1. The third-order valence-corrected chi connectivity index (χ3v) is 8.05. The van der Waals surface area contributed by atoms with Crippen molar-refractivity contribution in [1.29, 1.82) is 0 Å². The molecule has 2 heterocycles. The number of likely N-dealkylation sites (tertiary alicyclic amines) is 1. The van der Waals surface area contributed by atoms with Gasteiger partial charge in [0, 0.05) is 39.6 Å². The van der Waals surface area contributed by atoms with E-state index in [-0.39, 0.29) is 17.5 Å². The molecule has 0 spiro atoms. The summed E-state index contributed by atoms with van der Waals surface area (Å²) in [5.41, 5.74) is 0.544. The number of nitrogens with zero attached hydrogens (tertiary/aromatic N) is 2. The SMILES string of the molecule is CC(=O)NC1(c2ccc(F)cc2)CCN(Cc2cc(F)c(N3CCCC3)cc2C)CC1.O=C(O)CC(O)(CC(=O)O)C(=O)O. The summed E-state index contributed by atoms with van der Waals surface area (Å²) in [6.45, 7) is 7.65. The summed E-state index contributed by atoms with van der Waals surface area (Å²) in [7, 11) is 0. The molecular formula is C31H39F2N3O8. The molecule has 0 aromatic heterocycles. The number of aliphatic carboxylic acids is 3. The van der Waals surface area contributed by atoms with Crippen molar-refractivity contribution in [2.75, 3.05) is 31.1 Å². The summed E-state index contributed by atoms with van der Waals surface area (Å²) in [4.78, 5) is 46.8. The summed E-state index contributed by atoms with van der Waals surface area (Å²) >= 11 is 0. The highest BCUT2D eigenvalue weighted by atomic mass is 19.1. The zero-order valence-electron chi connectivity index (χ0n) is 24.8. The number of carbonyl (C=O) groups excluding carboxylic acids is 1. The first-order chi connectivity index (χ1) is 20.6. The van der Waals surface area contributed by atoms with E-state index in [1.54, 1.807) is 18.2 Å². The molecule has 11 nitrogen and oxygen atoms in total. The first-order valence-corrected chi connectivity index (χ1v) is 14.3. The van der Waals surface area contributed by atoms with E-state index in [4.69, 9.17) is 20.4 Å². The molecule has 2 fully saturated rings. The van der Waals surface area contributed by atoms with Crippen LogP contribution in [0.1, 0.15) is 62.1 Å². The molecular weight excluding hydrogens is 580 g/mol. The first-order valence-electron chi connectivity index (χ1n) is 14.3. The average Bonchev–Trinajstić information content (AvgIpc) is 3.46. The van der Waals surface area contributed by atoms with Gasteiger partial charge in [0.15, 0.2) is 5.60 Å². The lowest BCUT2D eigenvalue weighted by Gasteiger charge is -2.43. The van der Waals surface area contributed by atoms with E-state index in [9.17, 15) is 28.0 Å². The number of aryl methyl sites for hydroxylation is 1. The molecule has 240 valence electrons. The van der Waals surface area contributed by atoms with Crippen LogP contribution < -0.4 is 10.2 Å². The van der Waals surface area contributed by atoms with Crippen LogP contribution in [-0.4, -0.2) is 80.9 Å². The number of halogens is 2. The Morgan fingerprint density at radius 3 is 1.93 bits per heavy atom. The fourth-order valence-electron chi connectivity index (χ4n) is 5.72. The maximum atomic E-state index is 14.8. The van der Waals surface area contributed by atoms with Gasteiger partial charge in [0.25, 0.3) is 0 Å². The minimum atomic E-state index is -2.74. The summed E-state index contributed by atoms with van der Waals surface area (Å²) in [6.07, 6.45) is 1.41. The molecule has 2 aromatic carbocycles. The van der Waals surface area contributed by atoms with Crippen molar-refractivity contribution in [3.8, 4) is 0 Å². The van der Waals surface area contributed by atoms with Crippen LogP contribution in [0.2, 0.25) is 0 Å². The van der Waals surface area contributed by atoms with E-state index in [1.807, 2.05) is 6.07 Å². The van der Waals surface area contributed by atoms with Gasteiger partial charge in [-0.15, -0.1) is 0 Å². The maximum Gasteiger partial charge on any atom is 0.336 e. The van der Waals surface area contributed by atoms with Gasteiger partial charge in [-0.25, -0.2) is 13.6 Å². The molecule has 4 rings (SSSR count). The van der Waals surface area contributed by atoms with Gasteiger partial charge in [0.1, 0.15) is 11.6 Å². The van der Waals surface area contributed by atoms with Gasteiger partial charge in [-0.1, -0.05) is 12.1 Å². The Hall–Kier alpha value is -4.10. The topological polar surface area (TPSA) is 168 Å². The summed E-state index contributed by atoms with van der Waals surface area (Å²) in [5.74, 6) is -5.53. The van der Waals surface area contributed by atoms with Crippen LogP contribution in [0.25, 0.3) is 0 Å². The van der Waals surface area contributed by atoms with E-state index in [0.29, 0.717) is 6.54 Å². The highest BCUT2D eigenvalue weighted by Crippen LogP contribution is 2.34. The first kappa shape index (κ1) is 34.4. The minimum Gasteiger partial charge on any atom is -0.481 e. The van der Waals surface area contributed by atoms with Crippen molar-refractivity contribution in [3.63, 3.8) is 0 Å². The van der Waals surface area contributed by atoms with Crippen molar-refractivity contribution in [3.05, 3.63) is 64.7 Å². The number of benzene rings is 2. The van der Waals surface area contributed by atoms with Crippen molar-refractivity contribution < 1.29 is 48.4 Å². The van der Waals surface area contributed by atoms with Gasteiger partial charge in [-0.2, -0.15) is 0 Å². The van der Waals surface area contributed by atoms with Crippen LogP contribution in [0.3, 0.4) is 0 Å². The number of carboxylic acid groups (broad SMARTS) is 3. The summed E-state index contributed by atoms with van der Waals surface area (Å²) in [6, 6.07) is 10.1.